The predicted octanol–water partition coefficient (Wildman–Crippen LogP) is 2.31. The number of fused-ring (bicyclic) bond motifs is 1. The summed E-state index contributed by atoms with van der Waals surface area (Å²) >= 11 is 0. The molecule has 0 unspecified atom stereocenters. The van der Waals surface area contributed by atoms with Crippen molar-refractivity contribution in [3.05, 3.63) is 29.3 Å². The Bertz CT molecular complexity index is 424. The number of anilines is 1. The number of nitrogens with one attached hydrogen (secondary N) is 1. The Labute approximate surface area is 95.5 Å². The first-order valence-electron chi connectivity index (χ1n) is 5.58. The Morgan fingerprint density at radius 3 is 2.94 bits per heavy atom. The standard InChI is InChI=1S/C13H17NO2/c1-13(2,12(15)16)8-9-3-4-11-10(7-9)5-6-14-11/h3-4,7,14H,5-6,8H2,1-2H3,(H,15,16). The number of benzene rings is 1. The number of carboxylic acid groups (broad SMARTS) is 1. The molecule has 3 nitrogen and oxygen atoms in total. The van der Waals surface area contributed by atoms with Gasteiger partial charge in [-0.3, -0.25) is 4.79 Å². The van der Waals surface area contributed by atoms with E-state index in [2.05, 4.69) is 17.4 Å². The molecular weight excluding hydrogens is 202 g/mol. The van der Waals surface area contributed by atoms with Gasteiger partial charge < -0.3 is 10.4 Å². The summed E-state index contributed by atoms with van der Waals surface area (Å²) in [5, 5.41) is 12.4. The Hall–Kier alpha value is -1.51. The lowest BCUT2D eigenvalue weighted by atomic mass is 9.85. The van der Waals surface area contributed by atoms with Crippen molar-refractivity contribution in [3.8, 4) is 0 Å². The summed E-state index contributed by atoms with van der Waals surface area (Å²) in [6.45, 7) is 4.52. The van der Waals surface area contributed by atoms with Gasteiger partial charge in [0.2, 0.25) is 0 Å². The fraction of sp³-hybridized carbons (Fsp3) is 0.462. The van der Waals surface area contributed by atoms with Crippen LogP contribution < -0.4 is 5.32 Å². The van der Waals surface area contributed by atoms with Crippen LogP contribution in [0.4, 0.5) is 5.69 Å². The molecule has 0 spiro atoms. The summed E-state index contributed by atoms with van der Waals surface area (Å²) in [6.07, 6.45) is 1.62. The molecule has 0 aliphatic carbocycles. The van der Waals surface area contributed by atoms with Gasteiger partial charge >= 0.3 is 5.97 Å². The predicted molar refractivity (Wildman–Crippen MR) is 63.8 cm³/mol. The van der Waals surface area contributed by atoms with E-state index in [1.165, 1.54) is 11.3 Å². The molecule has 3 heteroatoms. The Kier molecular flexibility index (Phi) is 2.62. The van der Waals surface area contributed by atoms with Crippen LogP contribution in [0.2, 0.25) is 0 Å². The normalized spacial score (nSPS) is 14.4. The fourth-order valence-electron chi connectivity index (χ4n) is 2.05. The quantitative estimate of drug-likeness (QED) is 0.820. The minimum absolute atomic E-state index is 0.579. The van der Waals surface area contributed by atoms with Crippen molar-refractivity contribution >= 4 is 11.7 Å². The molecule has 1 aliphatic rings. The van der Waals surface area contributed by atoms with Gasteiger partial charge in [-0.05, 0) is 43.9 Å². The van der Waals surface area contributed by atoms with E-state index in [4.69, 9.17) is 5.11 Å². The fourth-order valence-corrected chi connectivity index (χ4v) is 2.05. The van der Waals surface area contributed by atoms with Crippen LogP contribution in [0.25, 0.3) is 0 Å². The second kappa shape index (κ2) is 3.81. The molecule has 1 aromatic carbocycles. The van der Waals surface area contributed by atoms with Gasteiger partial charge in [-0.2, -0.15) is 0 Å². The van der Waals surface area contributed by atoms with Crippen molar-refractivity contribution < 1.29 is 9.90 Å². The molecule has 0 saturated heterocycles. The van der Waals surface area contributed by atoms with E-state index in [1.807, 2.05) is 6.07 Å². The van der Waals surface area contributed by atoms with Crippen LogP contribution in [-0.4, -0.2) is 17.6 Å². The highest BCUT2D eigenvalue weighted by Gasteiger charge is 2.27. The molecule has 0 saturated carbocycles. The summed E-state index contributed by atoms with van der Waals surface area (Å²) in [4.78, 5) is 11.0. The summed E-state index contributed by atoms with van der Waals surface area (Å²) in [6, 6.07) is 6.19. The Balaban J connectivity index is 2.20. The van der Waals surface area contributed by atoms with E-state index < -0.39 is 11.4 Å². The Morgan fingerprint density at radius 1 is 1.50 bits per heavy atom. The average Bonchev–Trinajstić information content (AvgIpc) is 2.63. The second-order valence-corrected chi connectivity index (χ2v) is 5.03. The van der Waals surface area contributed by atoms with Gasteiger partial charge in [0.05, 0.1) is 5.41 Å². The van der Waals surface area contributed by atoms with Crippen LogP contribution >= 0.6 is 0 Å². The smallest absolute Gasteiger partial charge is 0.309 e. The molecule has 1 heterocycles. The molecule has 86 valence electrons. The highest BCUT2D eigenvalue weighted by molar-refractivity contribution is 5.74. The molecule has 0 atom stereocenters. The van der Waals surface area contributed by atoms with E-state index in [-0.39, 0.29) is 0 Å². The maximum atomic E-state index is 11.0. The number of carboxylic acids is 1. The molecular formula is C13H17NO2. The summed E-state index contributed by atoms with van der Waals surface area (Å²) in [7, 11) is 0. The summed E-state index contributed by atoms with van der Waals surface area (Å²) < 4.78 is 0. The van der Waals surface area contributed by atoms with E-state index in [0.717, 1.165) is 18.5 Å². The number of carbonyl (C=O) groups is 1. The van der Waals surface area contributed by atoms with Crippen molar-refractivity contribution in [3.63, 3.8) is 0 Å². The van der Waals surface area contributed by atoms with Gasteiger partial charge in [0, 0.05) is 12.2 Å². The zero-order valence-electron chi connectivity index (χ0n) is 9.71. The van der Waals surface area contributed by atoms with Crippen LogP contribution in [0.15, 0.2) is 18.2 Å². The molecule has 2 rings (SSSR count). The molecule has 0 radical (unpaired) electrons. The molecule has 2 N–H and O–H groups in total. The number of hydrogen-bond donors (Lipinski definition) is 2. The minimum atomic E-state index is -0.744. The molecule has 0 bridgehead atoms. The molecule has 1 aromatic rings. The molecule has 1 aliphatic heterocycles. The van der Waals surface area contributed by atoms with Crippen LogP contribution in [0.5, 0.6) is 0 Å². The molecule has 16 heavy (non-hydrogen) atoms. The van der Waals surface area contributed by atoms with Gasteiger partial charge in [-0.25, -0.2) is 0 Å². The van der Waals surface area contributed by atoms with Crippen LogP contribution in [0, 0.1) is 5.41 Å². The van der Waals surface area contributed by atoms with Crippen molar-refractivity contribution in [2.24, 2.45) is 5.41 Å². The third-order valence-electron chi connectivity index (χ3n) is 3.10. The van der Waals surface area contributed by atoms with Crippen molar-refractivity contribution in [1.29, 1.82) is 0 Å². The van der Waals surface area contributed by atoms with E-state index in [1.54, 1.807) is 13.8 Å². The monoisotopic (exact) mass is 219 g/mol. The first kappa shape index (κ1) is 11.0. The highest BCUT2D eigenvalue weighted by atomic mass is 16.4. The van der Waals surface area contributed by atoms with Gasteiger partial charge in [0.25, 0.3) is 0 Å². The largest absolute Gasteiger partial charge is 0.481 e. The lowest BCUT2D eigenvalue weighted by molar-refractivity contribution is -0.146. The van der Waals surface area contributed by atoms with Crippen molar-refractivity contribution in [2.45, 2.75) is 26.7 Å². The van der Waals surface area contributed by atoms with Crippen LogP contribution in [0.1, 0.15) is 25.0 Å². The van der Waals surface area contributed by atoms with Crippen molar-refractivity contribution in [2.75, 3.05) is 11.9 Å². The van der Waals surface area contributed by atoms with Crippen LogP contribution in [-0.2, 0) is 17.6 Å². The second-order valence-electron chi connectivity index (χ2n) is 5.03. The average molecular weight is 219 g/mol. The topological polar surface area (TPSA) is 49.3 Å². The molecule has 0 aromatic heterocycles. The summed E-state index contributed by atoms with van der Waals surface area (Å²) in [5.74, 6) is -0.744. The molecule has 0 fully saturated rings. The SMILES string of the molecule is CC(C)(Cc1ccc2c(c1)CCN2)C(=O)O. The highest BCUT2D eigenvalue weighted by Crippen LogP contribution is 2.27. The maximum Gasteiger partial charge on any atom is 0.309 e. The van der Waals surface area contributed by atoms with Crippen molar-refractivity contribution in [1.82, 2.24) is 0 Å². The lowest BCUT2D eigenvalue weighted by Gasteiger charge is -2.19. The third-order valence-corrected chi connectivity index (χ3v) is 3.10. The zero-order chi connectivity index (χ0) is 11.8. The van der Waals surface area contributed by atoms with E-state index in [9.17, 15) is 4.79 Å². The maximum absolute atomic E-state index is 11.0. The summed E-state index contributed by atoms with van der Waals surface area (Å²) in [5.41, 5.74) is 2.91. The van der Waals surface area contributed by atoms with E-state index >= 15 is 0 Å². The number of aliphatic carboxylic acids is 1. The van der Waals surface area contributed by atoms with Crippen LogP contribution in [0.3, 0.4) is 0 Å². The first-order valence-corrected chi connectivity index (χ1v) is 5.58. The van der Waals surface area contributed by atoms with Gasteiger partial charge in [0.15, 0.2) is 0 Å². The Morgan fingerprint density at radius 2 is 2.25 bits per heavy atom. The number of hydrogen-bond acceptors (Lipinski definition) is 2. The van der Waals surface area contributed by atoms with E-state index in [0.29, 0.717) is 6.42 Å². The van der Waals surface area contributed by atoms with Gasteiger partial charge in [0.1, 0.15) is 0 Å². The van der Waals surface area contributed by atoms with Gasteiger partial charge in [-0.15, -0.1) is 0 Å². The first-order chi connectivity index (χ1) is 7.49. The zero-order valence-corrected chi connectivity index (χ0v) is 9.71. The minimum Gasteiger partial charge on any atom is -0.481 e. The lowest BCUT2D eigenvalue weighted by Crippen LogP contribution is -2.26. The molecule has 0 amide bonds. The third kappa shape index (κ3) is 2.03. The number of rotatable bonds is 3. The van der Waals surface area contributed by atoms with Gasteiger partial charge in [-0.1, -0.05) is 12.1 Å².